The van der Waals surface area contributed by atoms with Gasteiger partial charge < -0.3 is 9.64 Å². The number of rotatable bonds is 4. The molecule has 27 heavy (non-hydrogen) atoms. The molecule has 2 aliphatic heterocycles. The Morgan fingerprint density at radius 2 is 2.07 bits per heavy atom. The fourth-order valence-electron chi connectivity index (χ4n) is 4.12. The second-order valence-electron chi connectivity index (χ2n) is 7.58. The maximum atomic E-state index is 14.8. The van der Waals surface area contributed by atoms with Crippen molar-refractivity contribution in [2.24, 2.45) is 0 Å². The van der Waals surface area contributed by atoms with Crippen molar-refractivity contribution >= 4 is 11.6 Å². The first-order valence-corrected chi connectivity index (χ1v) is 9.89. The lowest BCUT2D eigenvalue weighted by Crippen LogP contribution is -2.46. The van der Waals surface area contributed by atoms with Crippen LogP contribution in [0.4, 0.5) is 4.39 Å². The Morgan fingerprint density at radius 1 is 1.26 bits per heavy atom. The summed E-state index contributed by atoms with van der Waals surface area (Å²) in [5, 5.41) is 0. The van der Waals surface area contributed by atoms with Crippen LogP contribution >= 0.6 is 0 Å². The zero-order valence-corrected chi connectivity index (χ0v) is 15.9. The number of halogens is 1. The first-order chi connectivity index (χ1) is 13.1. The highest BCUT2D eigenvalue weighted by Crippen LogP contribution is 2.24. The van der Waals surface area contributed by atoms with Crippen LogP contribution in [0, 0.1) is 12.9 Å². The minimum absolute atomic E-state index is 0.0566. The number of piperidine rings is 1. The molecule has 0 aliphatic carbocycles. The summed E-state index contributed by atoms with van der Waals surface area (Å²) < 4.78 is 21.6. The number of ether oxygens (including phenoxy) is 1. The molecule has 7 heteroatoms. The molecule has 2 fully saturated rings. The zero-order valence-electron chi connectivity index (χ0n) is 15.9. The quantitative estimate of drug-likeness (QED) is 0.825. The summed E-state index contributed by atoms with van der Waals surface area (Å²) >= 11 is 0. The Morgan fingerprint density at radius 3 is 2.89 bits per heavy atom. The Bertz CT molecular complexity index is 816. The molecular weight excluding hydrogens is 347 g/mol. The van der Waals surface area contributed by atoms with Crippen LogP contribution in [0.1, 0.15) is 41.7 Å². The average Bonchev–Trinajstić information content (AvgIpc) is 3.03. The van der Waals surface area contributed by atoms with Crippen molar-refractivity contribution in [3.63, 3.8) is 0 Å². The van der Waals surface area contributed by atoms with E-state index in [9.17, 15) is 9.18 Å². The topological polar surface area (TPSA) is 50.1 Å². The molecule has 0 saturated carbocycles. The highest BCUT2D eigenvalue weighted by atomic mass is 19.1. The molecule has 1 amide bonds. The molecule has 0 aromatic carbocycles. The van der Waals surface area contributed by atoms with E-state index in [4.69, 9.17) is 4.74 Å². The predicted octanol–water partition coefficient (Wildman–Crippen LogP) is 2.50. The van der Waals surface area contributed by atoms with Gasteiger partial charge in [0.25, 0.3) is 5.91 Å². The summed E-state index contributed by atoms with van der Waals surface area (Å²) in [6.45, 7) is 6.97. The highest BCUT2D eigenvalue weighted by molar-refractivity contribution is 5.93. The fraction of sp³-hybridized carbons (Fsp3) is 0.600. The van der Waals surface area contributed by atoms with Gasteiger partial charge in [-0.1, -0.05) is 6.07 Å². The van der Waals surface area contributed by atoms with Crippen LogP contribution in [-0.4, -0.2) is 70.5 Å². The van der Waals surface area contributed by atoms with Crippen LogP contribution in [-0.2, 0) is 4.74 Å². The Labute approximate surface area is 158 Å². The second kappa shape index (κ2) is 7.94. The summed E-state index contributed by atoms with van der Waals surface area (Å²) in [7, 11) is 0. The lowest BCUT2D eigenvalue weighted by Gasteiger charge is -2.37. The average molecular weight is 374 g/mol. The van der Waals surface area contributed by atoms with Crippen LogP contribution in [0.2, 0.25) is 0 Å². The summed E-state index contributed by atoms with van der Waals surface area (Å²) in [6, 6.07) is 3.78. The van der Waals surface area contributed by atoms with Gasteiger partial charge in [-0.05, 0) is 44.2 Å². The normalized spacial score (nSPS) is 21.7. The molecule has 0 bridgehead atoms. The predicted molar refractivity (Wildman–Crippen MR) is 100 cm³/mol. The standard InChI is InChI=1S/C20H27FN4O2/c1-15-5-6-17-22-18(19(21)25(17)14-15)20(26)24-8-3-2-4-16(24)7-9-23-10-12-27-13-11-23/h5-6,14,16H,2-4,7-13H2,1H3/t16-/m0/s1. The number of carbonyl (C=O) groups is 1. The summed E-state index contributed by atoms with van der Waals surface area (Å²) in [4.78, 5) is 21.6. The van der Waals surface area contributed by atoms with Gasteiger partial charge in [0, 0.05) is 38.4 Å². The SMILES string of the molecule is Cc1ccc2nc(C(=O)N3CCCC[C@H]3CCN3CCOCC3)c(F)n2c1. The smallest absolute Gasteiger partial charge is 0.277 e. The lowest BCUT2D eigenvalue weighted by atomic mass is 9.98. The van der Waals surface area contributed by atoms with Crippen molar-refractivity contribution in [3.8, 4) is 0 Å². The molecule has 4 heterocycles. The van der Waals surface area contributed by atoms with Gasteiger partial charge in [-0.25, -0.2) is 4.98 Å². The van der Waals surface area contributed by atoms with Crippen LogP contribution < -0.4 is 0 Å². The van der Waals surface area contributed by atoms with Crippen molar-refractivity contribution < 1.29 is 13.9 Å². The van der Waals surface area contributed by atoms with E-state index in [0.717, 1.165) is 64.1 Å². The van der Waals surface area contributed by atoms with E-state index in [1.54, 1.807) is 12.3 Å². The molecule has 2 aromatic heterocycles. The minimum atomic E-state index is -0.559. The summed E-state index contributed by atoms with van der Waals surface area (Å²) in [5.74, 6) is -0.836. The van der Waals surface area contributed by atoms with Crippen LogP contribution in [0.3, 0.4) is 0 Å². The number of likely N-dealkylation sites (tertiary alicyclic amines) is 1. The largest absolute Gasteiger partial charge is 0.379 e. The van der Waals surface area contributed by atoms with E-state index < -0.39 is 5.95 Å². The number of hydrogen-bond acceptors (Lipinski definition) is 4. The van der Waals surface area contributed by atoms with E-state index in [1.807, 2.05) is 17.9 Å². The molecule has 2 saturated heterocycles. The van der Waals surface area contributed by atoms with E-state index in [2.05, 4.69) is 9.88 Å². The Hall–Kier alpha value is -1.99. The number of aryl methyl sites for hydroxylation is 1. The van der Waals surface area contributed by atoms with Crippen molar-refractivity contribution in [1.29, 1.82) is 0 Å². The van der Waals surface area contributed by atoms with E-state index in [1.165, 1.54) is 4.40 Å². The maximum Gasteiger partial charge on any atom is 0.277 e. The molecule has 4 rings (SSSR count). The monoisotopic (exact) mass is 374 g/mol. The number of pyridine rings is 1. The molecule has 0 N–H and O–H groups in total. The third-order valence-corrected chi connectivity index (χ3v) is 5.68. The molecule has 1 atom stereocenters. The molecule has 0 unspecified atom stereocenters. The second-order valence-corrected chi connectivity index (χ2v) is 7.58. The molecule has 2 aliphatic rings. The van der Waals surface area contributed by atoms with Gasteiger partial charge in [0.05, 0.1) is 13.2 Å². The molecule has 6 nitrogen and oxygen atoms in total. The van der Waals surface area contributed by atoms with Crippen LogP contribution in [0.25, 0.3) is 5.65 Å². The van der Waals surface area contributed by atoms with Gasteiger partial charge in [0.2, 0.25) is 5.95 Å². The van der Waals surface area contributed by atoms with Gasteiger partial charge in [-0.3, -0.25) is 14.1 Å². The van der Waals surface area contributed by atoms with E-state index in [0.29, 0.717) is 12.2 Å². The van der Waals surface area contributed by atoms with Gasteiger partial charge >= 0.3 is 0 Å². The Kier molecular flexibility index (Phi) is 5.41. The third kappa shape index (κ3) is 3.84. The van der Waals surface area contributed by atoms with Gasteiger partial charge in [-0.15, -0.1) is 0 Å². The fourth-order valence-corrected chi connectivity index (χ4v) is 4.12. The maximum absolute atomic E-state index is 14.8. The third-order valence-electron chi connectivity index (χ3n) is 5.68. The van der Waals surface area contributed by atoms with Gasteiger partial charge in [0.15, 0.2) is 5.69 Å². The molecule has 0 spiro atoms. The number of carbonyl (C=O) groups excluding carboxylic acids is 1. The molecule has 2 aromatic rings. The Balaban J connectivity index is 1.51. The zero-order chi connectivity index (χ0) is 18.8. The molecule has 0 radical (unpaired) electrons. The minimum Gasteiger partial charge on any atom is -0.379 e. The first-order valence-electron chi connectivity index (χ1n) is 9.89. The first kappa shape index (κ1) is 18.4. The number of aromatic nitrogens is 2. The van der Waals surface area contributed by atoms with Crippen molar-refractivity contribution in [2.75, 3.05) is 39.4 Å². The number of hydrogen-bond donors (Lipinski definition) is 0. The van der Waals surface area contributed by atoms with Crippen LogP contribution in [0.5, 0.6) is 0 Å². The number of morpholine rings is 1. The van der Waals surface area contributed by atoms with Gasteiger partial charge in [0.1, 0.15) is 5.65 Å². The highest BCUT2D eigenvalue weighted by Gasteiger charge is 2.31. The number of fused-ring (bicyclic) bond motifs is 1. The number of nitrogens with zero attached hydrogens (tertiary/aromatic N) is 4. The van der Waals surface area contributed by atoms with E-state index >= 15 is 0 Å². The molecular formula is C20H27FN4O2. The number of imidazole rings is 1. The summed E-state index contributed by atoms with van der Waals surface area (Å²) in [6.07, 6.45) is 5.66. The number of amides is 1. The summed E-state index contributed by atoms with van der Waals surface area (Å²) in [5.41, 5.74) is 1.35. The van der Waals surface area contributed by atoms with Crippen molar-refractivity contribution in [1.82, 2.24) is 19.2 Å². The van der Waals surface area contributed by atoms with Crippen molar-refractivity contribution in [2.45, 2.75) is 38.6 Å². The van der Waals surface area contributed by atoms with Gasteiger partial charge in [-0.2, -0.15) is 4.39 Å². The lowest BCUT2D eigenvalue weighted by molar-refractivity contribution is 0.0294. The van der Waals surface area contributed by atoms with E-state index in [-0.39, 0.29) is 17.6 Å². The van der Waals surface area contributed by atoms with Crippen LogP contribution in [0.15, 0.2) is 18.3 Å². The van der Waals surface area contributed by atoms with Crippen molar-refractivity contribution in [3.05, 3.63) is 35.5 Å². The molecule has 146 valence electrons.